The van der Waals surface area contributed by atoms with Crippen LogP contribution in [0.3, 0.4) is 0 Å². The van der Waals surface area contributed by atoms with Crippen molar-refractivity contribution in [2.75, 3.05) is 13.1 Å². The Hall–Kier alpha value is 0.130. The van der Waals surface area contributed by atoms with Gasteiger partial charge in [0.15, 0.2) is 0 Å². The number of nitrogens with two attached hydrogens (primary N) is 1. The van der Waals surface area contributed by atoms with Crippen LogP contribution in [0.2, 0.25) is 0 Å². The zero-order chi connectivity index (χ0) is 13.2. The lowest BCUT2D eigenvalue weighted by molar-refractivity contribution is 0.144. The molecule has 0 radical (unpaired) electrons. The lowest BCUT2D eigenvalue weighted by Gasteiger charge is -2.34. The van der Waals surface area contributed by atoms with Gasteiger partial charge in [0.1, 0.15) is 5.01 Å². The summed E-state index contributed by atoms with van der Waals surface area (Å²) >= 11 is 1.79. The molecular weight excluding hydrogens is 313 g/mol. The monoisotopic (exact) mass is 339 g/mol. The largest absolute Gasteiger partial charge is 0.329 e. The van der Waals surface area contributed by atoms with Crippen molar-refractivity contribution in [2.24, 2.45) is 5.73 Å². The number of aromatic nitrogens is 1. The molecule has 1 fully saturated rings. The lowest BCUT2D eigenvalue weighted by Crippen LogP contribution is -2.43. The van der Waals surface area contributed by atoms with Crippen LogP contribution < -0.4 is 5.73 Å². The van der Waals surface area contributed by atoms with E-state index < -0.39 is 0 Å². The molecule has 118 valence electrons. The molecule has 2 heterocycles. The molecule has 0 amide bonds. The van der Waals surface area contributed by atoms with Gasteiger partial charge >= 0.3 is 0 Å². The van der Waals surface area contributed by atoms with Gasteiger partial charge < -0.3 is 5.73 Å². The van der Waals surface area contributed by atoms with Crippen LogP contribution in [0.15, 0.2) is 5.38 Å². The summed E-state index contributed by atoms with van der Waals surface area (Å²) in [6, 6.07) is 0.556. The van der Waals surface area contributed by atoms with E-state index in [4.69, 9.17) is 10.7 Å². The quantitative estimate of drug-likeness (QED) is 0.914. The summed E-state index contributed by atoms with van der Waals surface area (Å²) in [5.41, 5.74) is 7.23. The van der Waals surface area contributed by atoms with Gasteiger partial charge in [-0.2, -0.15) is 0 Å². The molecule has 2 N–H and O–H groups in total. The van der Waals surface area contributed by atoms with Crippen molar-refractivity contribution in [2.45, 2.75) is 58.0 Å². The Labute approximate surface area is 139 Å². The summed E-state index contributed by atoms with van der Waals surface area (Å²) in [5, 5.41) is 3.44. The molecule has 0 aromatic carbocycles. The lowest BCUT2D eigenvalue weighted by atomic mass is 9.93. The molecule has 2 rings (SSSR count). The highest BCUT2D eigenvalue weighted by Gasteiger charge is 2.23. The van der Waals surface area contributed by atoms with Gasteiger partial charge in [0.25, 0.3) is 0 Å². The molecule has 0 bridgehead atoms. The SMILES string of the molecule is CC(C)(C)c1csc(CN2CCCCC2CN)n1.Cl.Cl. The van der Waals surface area contributed by atoms with Crippen LogP contribution in [-0.2, 0) is 12.0 Å². The molecule has 1 aliphatic rings. The van der Waals surface area contributed by atoms with E-state index in [9.17, 15) is 0 Å². The Morgan fingerprint density at radius 2 is 2.05 bits per heavy atom. The van der Waals surface area contributed by atoms with Crippen molar-refractivity contribution in [1.29, 1.82) is 0 Å². The summed E-state index contributed by atoms with van der Waals surface area (Å²) in [6.07, 6.45) is 3.87. The van der Waals surface area contributed by atoms with Gasteiger partial charge in [0.05, 0.1) is 12.2 Å². The predicted molar refractivity (Wildman–Crippen MR) is 92.4 cm³/mol. The maximum atomic E-state index is 5.86. The van der Waals surface area contributed by atoms with Gasteiger partial charge in [-0.3, -0.25) is 4.90 Å². The van der Waals surface area contributed by atoms with Crippen molar-refractivity contribution < 1.29 is 0 Å². The summed E-state index contributed by atoms with van der Waals surface area (Å²) in [7, 11) is 0. The second kappa shape index (κ2) is 8.54. The van der Waals surface area contributed by atoms with Crippen molar-refractivity contribution in [1.82, 2.24) is 9.88 Å². The minimum Gasteiger partial charge on any atom is -0.329 e. The van der Waals surface area contributed by atoms with Crippen LogP contribution in [0.1, 0.15) is 50.7 Å². The third kappa shape index (κ3) is 5.15. The molecule has 1 aromatic heterocycles. The van der Waals surface area contributed by atoms with E-state index in [0.717, 1.165) is 13.1 Å². The Balaban J connectivity index is 0.00000180. The Morgan fingerprint density at radius 1 is 1.35 bits per heavy atom. The third-order valence-corrected chi connectivity index (χ3v) is 4.51. The van der Waals surface area contributed by atoms with E-state index in [1.807, 2.05) is 0 Å². The van der Waals surface area contributed by atoms with Crippen molar-refractivity contribution in [3.63, 3.8) is 0 Å². The van der Waals surface area contributed by atoms with E-state index in [2.05, 4.69) is 31.1 Å². The zero-order valence-corrected chi connectivity index (χ0v) is 15.0. The average Bonchev–Trinajstić information content (AvgIpc) is 2.78. The molecule has 1 aliphatic heterocycles. The Bertz CT molecular complexity index is 390. The average molecular weight is 340 g/mol. The maximum absolute atomic E-state index is 5.86. The van der Waals surface area contributed by atoms with Crippen molar-refractivity contribution in [3.8, 4) is 0 Å². The van der Waals surface area contributed by atoms with Crippen LogP contribution in [0.25, 0.3) is 0 Å². The maximum Gasteiger partial charge on any atom is 0.107 e. The Morgan fingerprint density at radius 3 is 2.60 bits per heavy atom. The second-order valence-electron chi connectivity index (χ2n) is 6.23. The smallest absolute Gasteiger partial charge is 0.107 e. The van der Waals surface area contributed by atoms with Gasteiger partial charge in [0.2, 0.25) is 0 Å². The van der Waals surface area contributed by atoms with E-state index in [-0.39, 0.29) is 30.2 Å². The van der Waals surface area contributed by atoms with Crippen LogP contribution in [0, 0.1) is 0 Å². The highest BCUT2D eigenvalue weighted by molar-refractivity contribution is 7.09. The molecule has 0 aliphatic carbocycles. The molecule has 1 atom stereocenters. The summed E-state index contributed by atoms with van der Waals surface area (Å²) < 4.78 is 0. The van der Waals surface area contributed by atoms with Gasteiger partial charge in [-0.1, -0.05) is 27.2 Å². The fraction of sp³-hybridized carbons (Fsp3) is 0.786. The number of nitrogens with zero attached hydrogens (tertiary/aromatic N) is 2. The summed E-state index contributed by atoms with van der Waals surface area (Å²) in [6.45, 7) is 9.58. The van der Waals surface area contributed by atoms with Gasteiger partial charge in [0, 0.05) is 23.4 Å². The van der Waals surface area contributed by atoms with Crippen LogP contribution in [-0.4, -0.2) is 29.0 Å². The first-order valence-electron chi connectivity index (χ1n) is 6.89. The minimum atomic E-state index is 0. The number of halogens is 2. The molecule has 20 heavy (non-hydrogen) atoms. The normalized spacial score (nSPS) is 20.1. The molecule has 1 unspecified atom stereocenters. The molecule has 1 saturated heterocycles. The third-order valence-electron chi connectivity index (χ3n) is 3.68. The number of thiazole rings is 1. The number of piperidine rings is 1. The molecule has 0 spiro atoms. The molecule has 3 nitrogen and oxygen atoms in total. The van der Waals surface area contributed by atoms with Gasteiger partial charge in [-0.25, -0.2) is 4.98 Å². The molecule has 6 heteroatoms. The molecule has 1 aromatic rings. The fourth-order valence-electron chi connectivity index (χ4n) is 2.44. The van der Waals surface area contributed by atoms with Crippen LogP contribution >= 0.6 is 36.2 Å². The highest BCUT2D eigenvalue weighted by Crippen LogP contribution is 2.26. The number of hydrogen-bond acceptors (Lipinski definition) is 4. The number of likely N-dealkylation sites (tertiary alicyclic amines) is 1. The van der Waals surface area contributed by atoms with E-state index in [1.165, 1.54) is 36.5 Å². The van der Waals surface area contributed by atoms with E-state index in [1.54, 1.807) is 11.3 Å². The molecular formula is C14H27Cl2N3S. The van der Waals surface area contributed by atoms with Gasteiger partial charge in [-0.05, 0) is 19.4 Å². The molecule has 0 saturated carbocycles. The van der Waals surface area contributed by atoms with E-state index in [0.29, 0.717) is 6.04 Å². The topological polar surface area (TPSA) is 42.1 Å². The minimum absolute atomic E-state index is 0. The summed E-state index contributed by atoms with van der Waals surface area (Å²) in [5.74, 6) is 0. The Kier molecular flexibility index (Phi) is 8.60. The fourth-order valence-corrected chi connectivity index (χ4v) is 3.48. The van der Waals surface area contributed by atoms with Crippen LogP contribution in [0.5, 0.6) is 0 Å². The standard InChI is InChI=1S/C14H25N3S.2ClH/c1-14(2,3)12-10-18-13(16-12)9-17-7-5-4-6-11(17)8-15;;/h10-11H,4-9,15H2,1-3H3;2*1H. The number of hydrogen-bond donors (Lipinski definition) is 1. The summed E-state index contributed by atoms with van der Waals surface area (Å²) in [4.78, 5) is 7.29. The van der Waals surface area contributed by atoms with Crippen LogP contribution in [0.4, 0.5) is 0 Å². The second-order valence-corrected chi connectivity index (χ2v) is 7.17. The van der Waals surface area contributed by atoms with Gasteiger partial charge in [-0.15, -0.1) is 36.2 Å². The van der Waals surface area contributed by atoms with E-state index >= 15 is 0 Å². The first-order valence-corrected chi connectivity index (χ1v) is 7.77. The zero-order valence-electron chi connectivity index (χ0n) is 12.6. The van der Waals surface area contributed by atoms with Crippen molar-refractivity contribution >= 4 is 36.2 Å². The first-order chi connectivity index (χ1) is 8.50. The first kappa shape index (κ1) is 20.1. The predicted octanol–water partition coefficient (Wildman–Crippen LogP) is 3.60. The van der Waals surface area contributed by atoms with Crippen molar-refractivity contribution in [3.05, 3.63) is 16.1 Å². The number of rotatable bonds is 3. The highest BCUT2D eigenvalue weighted by atomic mass is 35.5.